The van der Waals surface area contributed by atoms with Gasteiger partial charge in [-0.2, -0.15) is 0 Å². The molecule has 15 heavy (non-hydrogen) atoms. The van der Waals surface area contributed by atoms with E-state index in [0.29, 0.717) is 0 Å². The predicted molar refractivity (Wildman–Crippen MR) is 63.9 cm³/mol. The van der Waals surface area contributed by atoms with Gasteiger partial charge in [-0.25, -0.2) is 0 Å². The maximum Gasteiger partial charge on any atom is 0.239 e. The highest BCUT2D eigenvalue weighted by molar-refractivity contribution is 7.09. The second kappa shape index (κ2) is 5.88. The Balaban J connectivity index is 2.44. The molecule has 0 unspecified atom stereocenters. The van der Waals surface area contributed by atoms with Crippen LogP contribution >= 0.6 is 11.3 Å². The van der Waals surface area contributed by atoms with Crippen LogP contribution in [0.25, 0.3) is 0 Å². The molecule has 1 aromatic rings. The number of carbonyl (C=O) groups is 1. The van der Waals surface area contributed by atoms with Gasteiger partial charge in [0, 0.05) is 18.0 Å². The van der Waals surface area contributed by atoms with E-state index >= 15 is 0 Å². The van der Waals surface area contributed by atoms with Crippen molar-refractivity contribution >= 4 is 17.2 Å². The van der Waals surface area contributed by atoms with Crippen LogP contribution in [0.1, 0.15) is 18.7 Å². The molecule has 0 bridgehead atoms. The number of carbonyl (C=O) groups excluding carboxylic acids is 1. The van der Waals surface area contributed by atoms with E-state index in [1.807, 2.05) is 17.9 Å². The molecule has 3 nitrogen and oxygen atoms in total. The van der Waals surface area contributed by atoms with Crippen LogP contribution in [-0.2, 0) is 11.2 Å². The van der Waals surface area contributed by atoms with Gasteiger partial charge in [-0.05, 0) is 31.7 Å². The van der Waals surface area contributed by atoms with Gasteiger partial charge in [0.2, 0.25) is 5.91 Å². The van der Waals surface area contributed by atoms with Crippen molar-refractivity contribution in [3.05, 3.63) is 22.4 Å². The fraction of sp³-hybridized carbons (Fsp3) is 0.545. The lowest BCUT2D eigenvalue weighted by Gasteiger charge is -2.22. The van der Waals surface area contributed by atoms with E-state index in [-0.39, 0.29) is 5.91 Å². The zero-order valence-corrected chi connectivity index (χ0v) is 10.1. The number of rotatable bonds is 5. The first kappa shape index (κ1) is 12.2. The van der Waals surface area contributed by atoms with Gasteiger partial charge in [0.05, 0.1) is 6.04 Å². The number of nitrogens with two attached hydrogens (primary N) is 1. The molecule has 0 aromatic carbocycles. The first-order valence-corrected chi connectivity index (χ1v) is 6.10. The fourth-order valence-electron chi connectivity index (χ4n) is 1.41. The highest BCUT2D eigenvalue weighted by Crippen LogP contribution is 2.10. The van der Waals surface area contributed by atoms with Crippen molar-refractivity contribution in [2.24, 2.45) is 5.73 Å². The molecule has 0 aliphatic heterocycles. The highest BCUT2D eigenvalue weighted by Gasteiger charge is 2.15. The zero-order chi connectivity index (χ0) is 11.3. The maximum atomic E-state index is 11.6. The molecule has 0 saturated heterocycles. The summed E-state index contributed by atoms with van der Waals surface area (Å²) in [4.78, 5) is 14.8. The van der Waals surface area contributed by atoms with Crippen molar-refractivity contribution in [1.82, 2.24) is 4.90 Å². The van der Waals surface area contributed by atoms with Crippen molar-refractivity contribution < 1.29 is 4.79 Å². The molecule has 1 amide bonds. The summed E-state index contributed by atoms with van der Waals surface area (Å²) in [6.45, 7) is 5.20. The van der Waals surface area contributed by atoms with Crippen LogP contribution < -0.4 is 5.73 Å². The highest BCUT2D eigenvalue weighted by atomic mass is 32.1. The van der Waals surface area contributed by atoms with Gasteiger partial charge in [0.1, 0.15) is 0 Å². The summed E-state index contributed by atoms with van der Waals surface area (Å²) in [6.07, 6.45) is 0.921. The molecule has 1 heterocycles. The Morgan fingerprint density at radius 1 is 1.67 bits per heavy atom. The Morgan fingerprint density at radius 3 is 2.87 bits per heavy atom. The zero-order valence-electron chi connectivity index (χ0n) is 9.27. The average Bonchev–Trinajstić information content (AvgIpc) is 2.71. The molecule has 0 aliphatic carbocycles. The van der Waals surface area contributed by atoms with Crippen LogP contribution in [0.3, 0.4) is 0 Å². The van der Waals surface area contributed by atoms with Crippen LogP contribution in [0.5, 0.6) is 0 Å². The largest absolute Gasteiger partial charge is 0.341 e. The van der Waals surface area contributed by atoms with Crippen molar-refractivity contribution in [2.75, 3.05) is 13.1 Å². The van der Waals surface area contributed by atoms with E-state index in [0.717, 1.165) is 19.5 Å². The smallest absolute Gasteiger partial charge is 0.239 e. The molecule has 0 aliphatic rings. The molecule has 1 atom stereocenters. The minimum atomic E-state index is -0.395. The summed E-state index contributed by atoms with van der Waals surface area (Å²) in [5.74, 6) is 0.0362. The van der Waals surface area contributed by atoms with Crippen molar-refractivity contribution in [2.45, 2.75) is 26.3 Å². The van der Waals surface area contributed by atoms with Gasteiger partial charge >= 0.3 is 0 Å². The molecule has 84 valence electrons. The third-order valence-electron chi connectivity index (χ3n) is 2.29. The van der Waals surface area contributed by atoms with E-state index in [1.165, 1.54) is 4.88 Å². The first-order valence-electron chi connectivity index (χ1n) is 5.22. The van der Waals surface area contributed by atoms with Crippen molar-refractivity contribution in [3.63, 3.8) is 0 Å². The molecule has 0 fully saturated rings. The topological polar surface area (TPSA) is 46.3 Å². The normalized spacial score (nSPS) is 12.5. The summed E-state index contributed by atoms with van der Waals surface area (Å²) < 4.78 is 0. The fourth-order valence-corrected chi connectivity index (χ4v) is 2.11. The van der Waals surface area contributed by atoms with Crippen LogP contribution in [0.2, 0.25) is 0 Å². The lowest BCUT2D eigenvalue weighted by Crippen LogP contribution is -2.42. The summed E-state index contributed by atoms with van der Waals surface area (Å²) in [5, 5.41) is 2.05. The molecule has 0 spiro atoms. The molecule has 0 radical (unpaired) electrons. The molecule has 0 saturated carbocycles. The number of thiophene rings is 1. The second-order valence-electron chi connectivity index (χ2n) is 3.54. The molecule has 1 aromatic heterocycles. The number of hydrogen-bond donors (Lipinski definition) is 1. The average molecular weight is 226 g/mol. The summed E-state index contributed by atoms with van der Waals surface area (Å²) >= 11 is 1.73. The first-order chi connectivity index (χ1) is 7.15. The maximum absolute atomic E-state index is 11.6. The molecule has 4 heteroatoms. The number of amides is 1. The van der Waals surface area contributed by atoms with Crippen molar-refractivity contribution in [1.29, 1.82) is 0 Å². The Hall–Kier alpha value is -0.870. The molecular formula is C11H18N2OS. The van der Waals surface area contributed by atoms with Crippen LogP contribution in [0.4, 0.5) is 0 Å². The van der Waals surface area contributed by atoms with Crippen LogP contribution in [0.15, 0.2) is 17.5 Å². The quantitative estimate of drug-likeness (QED) is 0.826. The van der Waals surface area contributed by atoms with Crippen LogP contribution in [0, 0.1) is 0 Å². The van der Waals surface area contributed by atoms with Gasteiger partial charge < -0.3 is 10.6 Å². The van der Waals surface area contributed by atoms with Gasteiger partial charge in [0.15, 0.2) is 0 Å². The standard InChI is InChI=1S/C11H18N2OS/c1-3-13(11(14)9(2)12)7-6-10-5-4-8-15-10/h4-5,8-9H,3,6-7,12H2,1-2H3/t9-/m1/s1. The summed E-state index contributed by atoms with van der Waals surface area (Å²) in [6, 6.07) is 3.73. The number of likely N-dealkylation sites (N-methyl/N-ethyl adjacent to an activating group) is 1. The SMILES string of the molecule is CCN(CCc1cccs1)C(=O)[C@@H](C)N. The summed E-state index contributed by atoms with van der Waals surface area (Å²) in [7, 11) is 0. The monoisotopic (exact) mass is 226 g/mol. The van der Waals surface area contributed by atoms with E-state index in [9.17, 15) is 4.79 Å². The Kier molecular flexibility index (Phi) is 4.78. The molecule has 1 rings (SSSR count). The Morgan fingerprint density at radius 2 is 2.40 bits per heavy atom. The Bertz CT molecular complexity index is 296. The third-order valence-corrected chi connectivity index (χ3v) is 3.23. The second-order valence-corrected chi connectivity index (χ2v) is 4.57. The van der Waals surface area contributed by atoms with Gasteiger partial charge in [-0.15, -0.1) is 11.3 Å². The Labute approximate surface area is 94.9 Å². The predicted octanol–water partition coefficient (Wildman–Crippen LogP) is 1.49. The third kappa shape index (κ3) is 3.64. The van der Waals surface area contributed by atoms with Crippen LogP contribution in [-0.4, -0.2) is 29.9 Å². The van der Waals surface area contributed by atoms with E-state index < -0.39 is 6.04 Å². The molecule has 2 N–H and O–H groups in total. The van der Waals surface area contributed by atoms with Gasteiger partial charge in [0.25, 0.3) is 0 Å². The number of nitrogens with zero attached hydrogens (tertiary/aromatic N) is 1. The summed E-state index contributed by atoms with van der Waals surface area (Å²) in [5.41, 5.74) is 5.57. The van der Waals surface area contributed by atoms with E-state index in [2.05, 4.69) is 11.4 Å². The van der Waals surface area contributed by atoms with E-state index in [1.54, 1.807) is 18.3 Å². The molecular weight excluding hydrogens is 208 g/mol. The minimum Gasteiger partial charge on any atom is -0.341 e. The number of hydrogen-bond acceptors (Lipinski definition) is 3. The lowest BCUT2D eigenvalue weighted by atomic mass is 10.2. The lowest BCUT2D eigenvalue weighted by molar-refractivity contribution is -0.131. The van der Waals surface area contributed by atoms with Gasteiger partial charge in [-0.3, -0.25) is 4.79 Å². The van der Waals surface area contributed by atoms with Gasteiger partial charge in [-0.1, -0.05) is 6.07 Å². The van der Waals surface area contributed by atoms with Crippen molar-refractivity contribution in [3.8, 4) is 0 Å². The minimum absolute atomic E-state index is 0.0362. The van der Waals surface area contributed by atoms with E-state index in [4.69, 9.17) is 5.73 Å².